The van der Waals surface area contributed by atoms with Crippen LogP contribution in [0, 0.1) is 5.92 Å². The minimum atomic E-state index is -1.82. The minimum Gasteiger partial charge on any atom is -0.473 e. The number of carbonyl (C=O) groups is 3. The zero-order valence-electron chi connectivity index (χ0n) is 17.5. The number of aliphatic carboxylic acids is 2. The first kappa shape index (κ1) is 24.6. The van der Waals surface area contributed by atoms with Crippen LogP contribution in [0.4, 0.5) is 0 Å². The highest BCUT2D eigenvalue weighted by Crippen LogP contribution is 2.20. The molecule has 0 aromatic heterocycles. The van der Waals surface area contributed by atoms with E-state index < -0.39 is 11.9 Å². The summed E-state index contributed by atoms with van der Waals surface area (Å²) in [5.74, 6) is -3.03. The number of nitrogens with zero attached hydrogens (tertiary/aromatic N) is 2. The number of piperidine rings is 1. The molecular weight excluding hydrogens is 372 g/mol. The molecule has 1 aromatic carbocycles. The highest BCUT2D eigenvalue weighted by Gasteiger charge is 2.26. The molecule has 0 unspecified atom stereocenters. The Morgan fingerprint density at radius 1 is 1.03 bits per heavy atom. The van der Waals surface area contributed by atoms with Gasteiger partial charge >= 0.3 is 11.9 Å². The number of carbonyl (C=O) groups excluding carboxylic acids is 1. The molecule has 1 saturated heterocycles. The second-order valence-electron chi connectivity index (χ2n) is 7.43. The summed E-state index contributed by atoms with van der Waals surface area (Å²) < 4.78 is 0. The lowest BCUT2D eigenvalue weighted by Crippen LogP contribution is -2.41. The molecule has 29 heavy (non-hydrogen) atoms. The van der Waals surface area contributed by atoms with Crippen molar-refractivity contribution in [1.82, 2.24) is 9.80 Å². The summed E-state index contributed by atoms with van der Waals surface area (Å²) in [7, 11) is 1.96. The Bertz CT molecular complexity index is 615. The molecule has 7 heteroatoms. The lowest BCUT2D eigenvalue weighted by atomic mass is 9.95. The third kappa shape index (κ3) is 10.1. The van der Waals surface area contributed by atoms with Gasteiger partial charge in [0.2, 0.25) is 5.91 Å². The predicted octanol–water partition coefficient (Wildman–Crippen LogP) is 2.75. The molecule has 0 atom stereocenters. The van der Waals surface area contributed by atoms with E-state index in [0.29, 0.717) is 5.91 Å². The highest BCUT2D eigenvalue weighted by molar-refractivity contribution is 6.27. The van der Waals surface area contributed by atoms with Gasteiger partial charge in [-0.2, -0.15) is 0 Å². The van der Waals surface area contributed by atoms with Crippen LogP contribution in [0.25, 0.3) is 0 Å². The molecule has 2 N–H and O–H groups in total. The Hall–Kier alpha value is -2.41. The maximum Gasteiger partial charge on any atom is 0.414 e. The van der Waals surface area contributed by atoms with Crippen molar-refractivity contribution in [2.75, 3.05) is 33.2 Å². The molecule has 2 rings (SSSR count). The molecule has 1 aliphatic heterocycles. The number of rotatable bonds is 8. The van der Waals surface area contributed by atoms with E-state index in [-0.39, 0.29) is 5.92 Å². The summed E-state index contributed by atoms with van der Waals surface area (Å²) in [4.78, 5) is 35.1. The van der Waals surface area contributed by atoms with Gasteiger partial charge in [0.1, 0.15) is 0 Å². The third-order valence-electron chi connectivity index (χ3n) is 5.13. The fourth-order valence-electron chi connectivity index (χ4n) is 3.37. The number of amides is 1. The Morgan fingerprint density at radius 2 is 1.62 bits per heavy atom. The molecule has 162 valence electrons. The smallest absolute Gasteiger partial charge is 0.414 e. The monoisotopic (exact) mass is 406 g/mol. The van der Waals surface area contributed by atoms with Crippen LogP contribution >= 0.6 is 0 Å². The van der Waals surface area contributed by atoms with E-state index in [2.05, 4.69) is 42.2 Å². The molecular formula is C22H34N2O5. The largest absolute Gasteiger partial charge is 0.473 e. The van der Waals surface area contributed by atoms with Crippen molar-refractivity contribution in [3.63, 3.8) is 0 Å². The molecule has 0 saturated carbocycles. The van der Waals surface area contributed by atoms with Gasteiger partial charge in [-0.1, -0.05) is 43.7 Å². The second-order valence-corrected chi connectivity index (χ2v) is 7.43. The summed E-state index contributed by atoms with van der Waals surface area (Å²) in [5.41, 5.74) is 1.43. The molecule has 0 radical (unpaired) electrons. The fraction of sp³-hybridized carbons (Fsp3) is 0.591. The highest BCUT2D eigenvalue weighted by atomic mass is 16.4. The minimum absolute atomic E-state index is 0.252. The third-order valence-corrected chi connectivity index (χ3v) is 5.13. The Morgan fingerprint density at radius 3 is 2.14 bits per heavy atom. The average Bonchev–Trinajstić information content (AvgIpc) is 2.73. The fourth-order valence-corrected chi connectivity index (χ4v) is 3.37. The van der Waals surface area contributed by atoms with E-state index in [1.807, 2.05) is 11.9 Å². The van der Waals surface area contributed by atoms with Crippen LogP contribution < -0.4 is 0 Å². The van der Waals surface area contributed by atoms with Gasteiger partial charge in [-0.15, -0.1) is 0 Å². The number of carboxylic acids is 2. The van der Waals surface area contributed by atoms with E-state index in [9.17, 15) is 4.79 Å². The summed E-state index contributed by atoms with van der Waals surface area (Å²) in [6.45, 7) is 6.39. The van der Waals surface area contributed by atoms with Gasteiger partial charge < -0.3 is 20.0 Å². The normalized spacial score (nSPS) is 14.6. The summed E-state index contributed by atoms with van der Waals surface area (Å²) in [6, 6.07) is 10.7. The van der Waals surface area contributed by atoms with Crippen LogP contribution in [0.1, 0.15) is 44.6 Å². The van der Waals surface area contributed by atoms with Gasteiger partial charge in [-0.3, -0.25) is 4.79 Å². The number of benzene rings is 1. The molecule has 0 bridgehead atoms. The van der Waals surface area contributed by atoms with Crippen LogP contribution in [-0.4, -0.2) is 71.1 Å². The molecule has 1 amide bonds. The Labute approximate surface area is 173 Å². The van der Waals surface area contributed by atoms with Crippen LogP contribution in [0.5, 0.6) is 0 Å². The first-order valence-electron chi connectivity index (χ1n) is 10.3. The number of hydrogen-bond donors (Lipinski definition) is 2. The lowest BCUT2D eigenvalue weighted by Gasteiger charge is -2.33. The van der Waals surface area contributed by atoms with Crippen LogP contribution in [-0.2, 0) is 20.8 Å². The number of unbranched alkanes of at least 4 members (excludes halogenated alkanes) is 1. The van der Waals surface area contributed by atoms with Gasteiger partial charge in [0.25, 0.3) is 0 Å². The van der Waals surface area contributed by atoms with E-state index in [0.717, 1.165) is 58.3 Å². The topological polar surface area (TPSA) is 98.2 Å². The van der Waals surface area contributed by atoms with Gasteiger partial charge in [0.15, 0.2) is 0 Å². The first-order valence-corrected chi connectivity index (χ1v) is 10.3. The molecule has 1 fully saturated rings. The van der Waals surface area contributed by atoms with E-state index >= 15 is 0 Å². The molecule has 1 aromatic rings. The van der Waals surface area contributed by atoms with Crippen molar-refractivity contribution in [2.45, 2.75) is 45.4 Å². The van der Waals surface area contributed by atoms with Gasteiger partial charge in [-0.05, 0) is 57.3 Å². The van der Waals surface area contributed by atoms with E-state index in [1.54, 1.807) is 0 Å². The van der Waals surface area contributed by atoms with Crippen LogP contribution in [0.3, 0.4) is 0 Å². The molecule has 0 aliphatic carbocycles. The number of carboxylic acid groups (broad SMARTS) is 2. The summed E-state index contributed by atoms with van der Waals surface area (Å²) in [5, 5.41) is 14.8. The zero-order valence-corrected chi connectivity index (χ0v) is 17.5. The van der Waals surface area contributed by atoms with Crippen molar-refractivity contribution in [2.24, 2.45) is 5.92 Å². The lowest BCUT2D eigenvalue weighted by molar-refractivity contribution is -0.159. The second kappa shape index (κ2) is 13.7. The molecule has 1 heterocycles. The SMILES string of the molecule is CCCCN(C)C(=O)C1CCN(CCCc2ccccc2)CC1.O=C(O)C(=O)O. The number of aryl methyl sites for hydroxylation is 1. The maximum absolute atomic E-state index is 12.4. The standard InChI is InChI=1S/C20H32N2O.C2H2O4/c1-3-4-14-21(2)20(23)19-12-16-22(17-13-19)15-8-11-18-9-6-5-7-10-18;3-1(4)2(5)6/h5-7,9-10,19H,3-4,8,11-17H2,1-2H3;(H,3,4)(H,5,6). The maximum atomic E-state index is 12.4. The average molecular weight is 407 g/mol. The van der Waals surface area contributed by atoms with Crippen molar-refractivity contribution >= 4 is 17.8 Å². The zero-order chi connectivity index (χ0) is 21.6. The predicted molar refractivity (Wildman–Crippen MR) is 112 cm³/mol. The molecule has 7 nitrogen and oxygen atoms in total. The number of likely N-dealkylation sites (tertiary alicyclic amines) is 1. The van der Waals surface area contributed by atoms with Crippen molar-refractivity contribution in [1.29, 1.82) is 0 Å². The summed E-state index contributed by atoms with van der Waals surface area (Å²) in [6.07, 6.45) is 6.68. The van der Waals surface area contributed by atoms with E-state index in [1.165, 1.54) is 12.0 Å². The quantitative estimate of drug-likeness (QED) is 0.644. The molecule has 1 aliphatic rings. The van der Waals surface area contributed by atoms with Crippen molar-refractivity contribution in [3.8, 4) is 0 Å². The van der Waals surface area contributed by atoms with Gasteiger partial charge in [0, 0.05) is 19.5 Å². The van der Waals surface area contributed by atoms with Crippen LogP contribution in [0.2, 0.25) is 0 Å². The van der Waals surface area contributed by atoms with Gasteiger partial charge in [0.05, 0.1) is 0 Å². The van der Waals surface area contributed by atoms with Crippen LogP contribution in [0.15, 0.2) is 30.3 Å². The summed E-state index contributed by atoms with van der Waals surface area (Å²) >= 11 is 0. The first-order chi connectivity index (χ1) is 13.8. The van der Waals surface area contributed by atoms with Gasteiger partial charge in [-0.25, -0.2) is 9.59 Å². The molecule has 0 spiro atoms. The van der Waals surface area contributed by atoms with Crippen molar-refractivity contribution < 1.29 is 24.6 Å². The number of hydrogen-bond acceptors (Lipinski definition) is 4. The van der Waals surface area contributed by atoms with Crippen molar-refractivity contribution in [3.05, 3.63) is 35.9 Å². The van der Waals surface area contributed by atoms with E-state index in [4.69, 9.17) is 19.8 Å². The Kier molecular flexibility index (Phi) is 11.6. The Balaban J connectivity index is 0.000000612.